The topological polar surface area (TPSA) is 37.3 Å². The summed E-state index contributed by atoms with van der Waals surface area (Å²) in [5, 5.41) is 9.55. The second-order valence-electron chi connectivity index (χ2n) is 3.47. The van der Waals surface area contributed by atoms with Crippen LogP contribution < -0.4 is 0 Å². The molecular weight excluding hydrogens is 152 g/mol. The highest BCUT2D eigenvalue weighted by Gasteiger charge is 2.34. The van der Waals surface area contributed by atoms with Gasteiger partial charge in [-0.25, -0.2) is 0 Å². The van der Waals surface area contributed by atoms with Gasteiger partial charge in [-0.1, -0.05) is 18.2 Å². The zero-order valence-electron chi connectivity index (χ0n) is 6.81. The van der Waals surface area contributed by atoms with Gasteiger partial charge in [-0.15, -0.1) is 0 Å². The molecule has 0 aliphatic heterocycles. The number of ketones is 1. The van der Waals surface area contributed by atoms with E-state index >= 15 is 0 Å². The van der Waals surface area contributed by atoms with Crippen LogP contribution in [0.5, 0.6) is 0 Å². The van der Waals surface area contributed by atoms with Crippen molar-refractivity contribution in [3.63, 3.8) is 0 Å². The van der Waals surface area contributed by atoms with Crippen molar-refractivity contribution >= 4 is 5.78 Å². The van der Waals surface area contributed by atoms with Crippen molar-refractivity contribution in [1.82, 2.24) is 0 Å². The predicted molar refractivity (Wildman–Crippen MR) is 45.5 cm³/mol. The highest BCUT2D eigenvalue weighted by molar-refractivity contribution is 5.93. The molecule has 0 heterocycles. The fourth-order valence-corrected chi connectivity index (χ4v) is 2.00. The quantitative estimate of drug-likeness (QED) is 0.544. The molecule has 2 heteroatoms. The molecule has 0 saturated carbocycles. The number of aliphatic hydroxyl groups excluding tert-OH is 1. The van der Waals surface area contributed by atoms with Crippen molar-refractivity contribution < 1.29 is 9.90 Å². The van der Waals surface area contributed by atoms with Gasteiger partial charge in [0.2, 0.25) is 0 Å². The van der Waals surface area contributed by atoms with Gasteiger partial charge in [-0.3, -0.25) is 4.79 Å². The molecule has 2 nitrogen and oxygen atoms in total. The van der Waals surface area contributed by atoms with Crippen LogP contribution in [0.2, 0.25) is 0 Å². The molecule has 3 atom stereocenters. The zero-order chi connectivity index (χ0) is 8.55. The molecule has 12 heavy (non-hydrogen) atoms. The lowest BCUT2D eigenvalue weighted by Gasteiger charge is -2.31. The van der Waals surface area contributed by atoms with Crippen LogP contribution in [-0.4, -0.2) is 17.0 Å². The van der Waals surface area contributed by atoms with Gasteiger partial charge >= 0.3 is 0 Å². The summed E-state index contributed by atoms with van der Waals surface area (Å²) in [5.41, 5.74) is 0. The highest BCUT2D eigenvalue weighted by atomic mass is 16.3. The third-order valence-electron chi connectivity index (χ3n) is 2.74. The molecule has 0 aromatic heterocycles. The predicted octanol–water partition coefficient (Wildman–Crippen LogP) is 1.07. The highest BCUT2D eigenvalue weighted by Crippen LogP contribution is 2.32. The van der Waals surface area contributed by atoms with Crippen molar-refractivity contribution in [2.75, 3.05) is 0 Å². The van der Waals surface area contributed by atoms with E-state index in [-0.39, 0.29) is 17.6 Å². The fraction of sp³-hybridized carbons (Fsp3) is 0.500. The van der Waals surface area contributed by atoms with Crippen molar-refractivity contribution in [2.24, 2.45) is 11.8 Å². The minimum absolute atomic E-state index is 0.0370. The summed E-state index contributed by atoms with van der Waals surface area (Å²) in [7, 11) is 0. The van der Waals surface area contributed by atoms with Crippen LogP contribution in [0.4, 0.5) is 0 Å². The number of hydrogen-bond acceptors (Lipinski definition) is 2. The number of carbonyl (C=O) groups excluding carboxylic acids is 1. The summed E-state index contributed by atoms with van der Waals surface area (Å²) in [5.74, 6) is 0.345. The summed E-state index contributed by atoms with van der Waals surface area (Å²) in [4.78, 5) is 11.3. The van der Waals surface area contributed by atoms with E-state index in [4.69, 9.17) is 0 Å². The molecular formula is C10H12O2. The Labute approximate surface area is 71.6 Å². The van der Waals surface area contributed by atoms with Crippen molar-refractivity contribution in [2.45, 2.75) is 18.9 Å². The van der Waals surface area contributed by atoms with Gasteiger partial charge in [0.15, 0.2) is 5.78 Å². The standard InChI is InChI=1S/C10H12O2/c11-9-5-6-10(12)8-4-2-1-3-7(8)9/h1-2,5-9,11H,3-4H2/t7-,8+,9+/m0/s1. The van der Waals surface area contributed by atoms with Crippen LogP contribution in [0, 0.1) is 11.8 Å². The van der Waals surface area contributed by atoms with E-state index in [0.717, 1.165) is 12.8 Å². The molecule has 1 N–H and O–H groups in total. The molecule has 0 fully saturated rings. The van der Waals surface area contributed by atoms with Crippen LogP contribution in [0.1, 0.15) is 12.8 Å². The molecule has 0 spiro atoms. The van der Waals surface area contributed by atoms with Crippen LogP contribution in [0.15, 0.2) is 24.3 Å². The first kappa shape index (κ1) is 7.74. The maximum absolute atomic E-state index is 11.3. The maximum Gasteiger partial charge on any atom is 0.159 e. The lowest BCUT2D eigenvalue weighted by molar-refractivity contribution is -0.122. The minimum atomic E-state index is -0.419. The average Bonchev–Trinajstić information content (AvgIpc) is 2.12. The summed E-state index contributed by atoms with van der Waals surface area (Å²) < 4.78 is 0. The number of allylic oxidation sites excluding steroid dienone is 3. The van der Waals surface area contributed by atoms with Gasteiger partial charge in [0.05, 0.1) is 6.10 Å². The molecule has 0 saturated heterocycles. The molecule has 2 aliphatic carbocycles. The SMILES string of the molecule is O=C1C=C[C@@H](O)[C@H]2CC=CC[C@@H]12. The Balaban J connectivity index is 2.26. The van der Waals surface area contributed by atoms with Gasteiger partial charge in [-0.2, -0.15) is 0 Å². The molecule has 0 radical (unpaired) electrons. The first-order chi connectivity index (χ1) is 5.79. The first-order valence-electron chi connectivity index (χ1n) is 4.34. The molecule has 0 aromatic carbocycles. The van der Waals surface area contributed by atoms with E-state index in [2.05, 4.69) is 6.08 Å². The Bertz CT molecular complexity index is 253. The number of carbonyl (C=O) groups is 1. The van der Waals surface area contributed by atoms with Gasteiger partial charge in [-0.05, 0) is 18.9 Å². The van der Waals surface area contributed by atoms with E-state index in [1.807, 2.05) is 6.08 Å². The van der Waals surface area contributed by atoms with Crippen LogP contribution in [-0.2, 0) is 4.79 Å². The second kappa shape index (κ2) is 2.87. The molecule has 2 rings (SSSR count). The number of aliphatic hydroxyl groups is 1. The molecule has 64 valence electrons. The van der Waals surface area contributed by atoms with Gasteiger partial charge in [0, 0.05) is 11.8 Å². The normalized spacial score (nSPS) is 39.8. The largest absolute Gasteiger partial charge is 0.389 e. The van der Waals surface area contributed by atoms with E-state index in [0.29, 0.717) is 0 Å². The molecule has 0 bridgehead atoms. The monoisotopic (exact) mass is 164 g/mol. The Morgan fingerprint density at radius 2 is 2.08 bits per heavy atom. The summed E-state index contributed by atoms with van der Waals surface area (Å²) in [6.07, 6.45) is 8.43. The average molecular weight is 164 g/mol. The van der Waals surface area contributed by atoms with Crippen molar-refractivity contribution in [3.8, 4) is 0 Å². The van der Waals surface area contributed by atoms with Crippen molar-refractivity contribution in [1.29, 1.82) is 0 Å². The minimum Gasteiger partial charge on any atom is -0.389 e. The van der Waals surface area contributed by atoms with E-state index in [1.165, 1.54) is 6.08 Å². The zero-order valence-corrected chi connectivity index (χ0v) is 6.81. The van der Waals surface area contributed by atoms with Gasteiger partial charge < -0.3 is 5.11 Å². The van der Waals surface area contributed by atoms with Gasteiger partial charge in [0.1, 0.15) is 0 Å². The van der Waals surface area contributed by atoms with E-state index in [1.54, 1.807) is 6.08 Å². The fourth-order valence-electron chi connectivity index (χ4n) is 2.00. The Kier molecular flexibility index (Phi) is 1.85. The van der Waals surface area contributed by atoms with Crippen LogP contribution in [0.25, 0.3) is 0 Å². The van der Waals surface area contributed by atoms with Crippen LogP contribution >= 0.6 is 0 Å². The van der Waals surface area contributed by atoms with E-state index < -0.39 is 6.10 Å². The second-order valence-corrected chi connectivity index (χ2v) is 3.47. The molecule has 0 amide bonds. The summed E-state index contributed by atoms with van der Waals surface area (Å²) >= 11 is 0. The Morgan fingerprint density at radius 1 is 1.33 bits per heavy atom. The van der Waals surface area contributed by atoms with Gasteiger partial charge in [0.25, 0.3) is 0 Å². The molecule has 0 aromatic rings. The molecule has 0 unspecified atom stereocenters. The number of hydrogen-bond donors (Lipinski definition) is 1. The lowest BCUT2D eigenvalue weighted by Crippen LogP contribution is -2.35. The van der Waals surface area contributed by atoms with Crippen LogP contribution in [0.3, 0.4) is 0 Å². The van der Waals surface area contributed by atoms with E-state index in [9.17, 15) is 9.90 Å². The summed E-state index contributed by atoms with van der Waals surface area (Å²) in [6, 6.07) is 0. The number of fused-ring (bicyclic) bond motifs is 1. The maximum atomic E-state index is 11.3. The smallest absolute Gasteiger partial charge is 0.159 e. The Morgan fingerprint density at radius 3 is 2.83 bits per heavy atom. The third-order valence-corrected chi connectivity index (χ3v) is 2.74. The lowest BCUT2D eigenvalue weighted by atomic mass is 9.74. The number of rotatable bonds is 0. The first-order valence-corrected chi connectivity index (χ1v) is 4.34. The molecule has 2 aliphatic rings. The third kappa shape index (κ3) is 1.12. The van der Waals surface area contributed by atoms with Crippen molar-refractivity contribution in [3.05, 3.63) is 24.3 Å². The Hall–Kier alpha value is -0.890. The summed E-state index contributed by atoms with van der Waals surface area (Å²) in [6.45, 7) is 0.